The number of nitrogens with zero attached hydrogens (tertiary/aromatic N) is 2. The van der Waals surface area contributed by atoms with E-state index >= 15 is 0 Å². The molecule has 0 aliphatic carbocycles. The summed E-state index contributed by atoms with van der Waals surface area (Å²) in [6.07, 6.45) is 0. The van der Waals surface area contributed by atoms with Gasteiger partial charge in [-0.3, -0.25) is 9.10 Å². The number of carbonyl (C=O) groups is 1. The molecule has 8 heteroatoms. The first-order valence-electron chi connectivity index (χ1n) is 10.4. The van der Waals surface area contributed by atoms with Gasteiger partial charge >= 0.3 is 0 Å². The van der Waals surface area contributed by atoms with Gasteiger partial charge in [-0.1, -0.05) is 48.0 Å². The molecule has 0 saturated heterocycles. The number of amides is 1. The molecule has 0 radical (unpaired) electrons. The van der Waals surface area contributed by atoms with E-state index in [2.05, 4.69) is 0 Å². The van der Waals surface area contributed by atoms with Gasteiger partial charge in [-0.15, -0.1) is 0 Å². The maximum atomic E-state index is 13.6. The number of hydrogen-bond acceptors (Lipinski definition) is 5. The number of methoxy groups -OCH3 is 2. The van der Waals surface area contributed by atoms with Gasteiger partial charge in [0.15, 0.2) is 0 Å². The fourth-order valence-corrected chi connectivity index (χ4v) is 4.82. The van der Waals surface area contributed by atoms with Gasteiger partial charge in [0.1, 0.15) is 18.0 Å². The van der Waals surface area contributed by atoms with Gasteiger partial charge < -0.3 is 14.4 Å². The fourth-order valence-electron chi connectivity index (χ4n) is 3.39. The molecule has 0 aliphatic heterocycles. The van der Waals surface area contributed by atoms with Crippen molar-refractivity contribution in [2.75, 3.05) is 32.1 Å². The average molecular weight is 469 g/mol. The van der Waals surface area contributed by atoms with Crippen LogP contribution in [0.15, 0.2) is 77.7 Å². The summed E-state index contributed by atoms with van der Waals surface area (Å²) in [4.78, 5) is 14.8. The molecular weight excluding hydrogens is 440 g/mol. The van der Waals surface area contributed by atoms with E-state index in [0.717, 1.165) is 15.4 Å². The van der Waals surface area contributed by atoms with Crippen LogP contribution in [0.5, 0.6) is 11.5 Å². The minimum atomic E-state index is -4.04. The number of rotatable bonds is 9. The third-order valence-electron chi connectivity index (χ3n) is 5.27. The molecular formula is C25H28N2O5S. The SMILES string of the molecule is COc1ccccc1CN(C)C(=O)CN(c1ccccc1OC)S(=O)(=O)c1ccc(C)cc1. The minimum Gasteiger partial charge on any atom is -0.496 e. The van der Waals surface area contributed by atoms with Crippen LogP contribution < -0.4 is 13.8 Å². The van der Waals surface area contributed by atoms with Gasteiger partial charge in [0.05, 0.1) is 24.8 Å². The van der Waals surface area contributed by atoms with Crippen LogP contribution in [-0.4, -0.2) is 47.0 Å². The van der Waals surface area contributed by atoms with E-state index < -0.39 is 10.0 Å². The Bertz CT molecular complexity index is 1210. The third kappa shape index (κ3) is 5.46. The molecule has 0 saturated carbocycles. The highest BCUT2D eigenvalue weighted by atomic mass is 32.2. The van der Waals surface area contributed by atoms with Crippen molar-refractivity contribution < 1.29 is 22.7 Å². The lowest BCUT2D eigenvalue weighted by Crippen LogP contribution is -2.41. The number of benzene rings is 3. The number of sulfonamides is 1. The number of carbonyl (C=O) groups excluding carboxylic acids is 1. The Labute approximate surface area is 195 Å². The van der Waals surface area contributed by atoms with Gasteiger partial charge in [0.25, 0.3) is 10.0 Å². The maximum absolute atomic E-state index is 13.6. The van der Waals surface area contributed by atoms with Crippen LogP contribution in [0.2, 0.25) is 0 Å². The molecule has 0 spiro atoms. The molecule has 3 rings (SSSR count). The van der Waals surface area contributed by atoms with Gasteiger partial charge in [-0.05, 0) is 37.3 Å². The molecule has 0 bridgehead atoms. The summed E-state index contributed by atoms with van der Waals surface area (Å²) in [6.45, 7) is 1.76. The van der Waals surface area contributed by atoms with Crippen molar-refractivity contribution in [1.82, 2.24) is 4.90 Å². The van der Waals surface area contributed by atoms with Crippen molar-refractivity contribution in [3.8, 4) is 11.5 Å². The molecule has 33 heavy (non-hydrogen) atoms. The van der Waals surface area contributed by atoms with Gasteiger partial charge in [0.2, 0.25) is 5.91 Å². The number of aryl methyl sites for hydroxylation is 1. The van der Waals surface area contributed by atoms with Crippen LogP contribution in [-0.2, 0) is 21.4 Å². The van der Waals surface area contributed by atoms with Crippen molar-refractivity contribution in [1.29, 1.82) is 0 Å². The number of anilines is 1. The Hall–Kier alpha value is -3.52. The number of likely N-dealkylation sites (N-methyl/N-ethyl adjacent to an activating group) is 1. The zero-order chi connectivity index (χ0) is 24.0. The predicted molar refractivity (Wildman–Crippen MR) is 128 cm³/mol. The van der Waals surface area contributed by atoms with Gasteiger partial charge in [-0.25, -0.2) is 8.42 Å². The summed E-state index contributed by atoms with van der Waals surface area (Å²) in [5, 5.41) is 0. The highest BCUT2D eigenvalue weighted by Crippen LogP contribution is 2.32. The van der Waals surface area contributed by atoms with Crippen molar-refractivity contribution in [3.63, 3.8) is 0 Å². The molecule has 0 heterocycles. The second-order valence-corrected chi connectivity index (χ2v) is 9.42. The standard InChI is InChI=1S/C25H28N2O5S/c1-19-13-15-21(16-14-19)33(29,30)27(22-10-6-8-12-24(22)32-4)18-25(28)26(2)17-20-9-5-7-11-23(20)31-3/h5-16H,17-18H2,1-4H3. The molecule has 0 aromatic heterocycles. The molecule has 3 aromatic rings. The molecule has 0 atom stereocenters. The summed E-state index contributed by atoms with van der Waals surface area (Å²) >= 11 is 0. The van der Waals surface area contributed by atoms with E-state index in [4.69, 9.17) is 9.47 Å². The quantitative estimate of drug-likeness (QED) is 0.477. The smallest absolute Gasteiger partial charge is 0.264 e. The van der Waals surface area contributed by atoms with E-state index in [1.807, 2.05) is 31.2 Å². The van der Waals surface area contributed by atoms with Gasteiger partial charge in [0, 0.05) is 19.2 Å². The van der Waals surface area contributed by atoms with Crippen molar-refractivity contribution in [2.45, 2.75) is 18.4 Å². The minimum absolute atomic E-state index is 0.0965. The lowest BCUT2D eigenvalue weighted by molar-refractivity contribution is -0.128. The summed E-state index contributed by atoms with van der Waals surface area (Å²) in [5.41, 5.74) is 2.05. The van der Waals surface area contributed by atoms with Crippen molar-refractivity contribution >= 4 is 21.6 Å². The van der Waals surface area contributed by atoms with E-state index in [1.165, 1.54) is 24.1 Å². The van der Waals surface area contributed by atoms with Crippen LogP contribution in [0.1, 0.15) is 11.1 Å². The average Bonchev–Trinajstić information content (AvgIpc) is 2.82. The van der Waals surface area contributed by atoms with Crippen LogP contribution in [0.25, 0.3) is 0 Å². The molecule has 0 fully saturated rings. The van der Waals surface area contributed by atoms with Crippen LogP contribution in [0, 0.1) is 6.92 Å². The summed E-state index contributed by atoms with van der Waals surface area (Å²) < 4.78 is 39.1. The van der Waals surface area contributed by atoms with E-state index in [9.17, 15) is 13.2 Å². The van der Waals surface area contributed by atoms with Crippen molar-refractivity contribution in [2.24, 2.45) is 0 Å². The molecule has 3 aromatic carbocycles. The Morgan fingerprint density at radius 2 is 1.42 bits per heavy atom. The molecule has 0 unspecified atom stereocenters. The molecule has 0 aliphatic rings. The molecule has 0 N–H and O–H groups in total. The highest BCUT2D eigenvalue weighted by Gasteiger charge is 2.30. The number of para-hydroxylation sites is 3. The number of ether oxygens (including phenoxy) is 2. The molecule has 1 amide bonds. The van der Waals surface area contributed by atoms with Gasteiger partial charge in [-0.2, -0.15) is 0 Å². The van der Waals surface area contributed by atoms with E-state index in [0.29, 0.717) is 17.2 Å². The Balaban J connectivity index is 1.96. The van der Waals surface area contributed by atoms with Crippen LogP contribution >= 0.6 is 0 Å². The first-order valence-corrected chi connectivity index (χ1v) is 11.8. The topological polar surface area (TPSA) is 76.2 Å². The lowest BCUT2D eigenvalue weighted by Gasteiger charge is -2.28. The zero-order valence-corrected chi connectivity index (χ0v) is 20.0. The summed E-state index contributed by atoms with van der Waals surface area (Å²) in [7, 11) is 0.627. The second-order valence-electron chi connectivity index (χ2n) is 7.56. The monoisotopic (exact) mass is 468 g/mol. The van der Waals surface area contributed by atoms with Crippen LogP contribution in [0.3, 0.4) is 0 Å². The second kappa shape index (κ2) is 10.4. The van der Waals surface area contributed by atoms with Crippen molar-refractivity contribution in [3.05, 3.63) is 83.9 Å². The van der Waals surface area contributed by atoms with E-state index in [1.54, 1.807) is 50.6 Å². The third-order valence-corrected chi connectivity index (χ3v) is 7.04. The van der Waals surface area contributed by atoms with Crippen LogP contribution in [0.4, 0.5) is 5.69 Å². The predicted octanol–water partition coefficient (Wildman–Crippen LogP) is 3.87. The first-order chi connectivity index (χ1) is 15.8. The summed E-state index contributed by atoms with van der Waals surface area (Å²) in [6, 6.07) is 20.7. The first kappa shape index (κ1) is 24.1. The Morgan fingerprint density at radius 1 is 0.848 bits per heavy atom. The Kier molecular flexibility index (Phi) is 7.60. The lowest BCUT2D eigenvalue weighted by atomic mass is 10.2. The van der Waals surface area contributed by atoms with E-state index in [-0.39, 0.29) is 23.9 Å². The Morgan fingerprint density at radius 3 is 2.06 bits per heavy atom. The zero-order valence-electron chi connectivity index (χ0n) is 19.2. The highest BCUT2D eigenvalue weighted by molar-refractivity contribution is 7.92. The molecule has 174 valence electrons. The largest absolute Gasteiger partial charge is 0.496 e. The molecule has 7 nitrogen and oxygen atoms in total. The maximum Gasteiger partial charge on any atom is 0.264 e. The normalized spacial score (nSPS) is 11.0. The number of hydrogen-bond donors (Lipinski definition) is 0. The summed E-state index contributed by atoms with van der Waals surface area (Å²) in [5.74, 6) is 0.641. The fraction of sp³-hybridized carbons (Fsp3) is 0.240.